The number of fused-ring (bicyclic) bond motifs is 1. The monoisotopic (exact) mass is 453 g/mol. The van der Waals surface area contributed by atoms with Crippen LogP contribution >= 0.6 is 0 Å². The van der Waals surface area contributed by atoms with Crippen LogP contribution in [0.15, 0.2) is 84.9 Å². The van der Waals surface area contributed by atoms with Crippen LogP contribution in [0.4, 0.5) is 0 Å². The van der Waals surface area contributed by atoms with Gasteiger partial charge in [-0.2, -0.15) is 0 Å². The van der Waals surface area contributed by atoms with Gasteiger partial charge in [-0.3, -0.25) is 9.59 Å². The fourth-order valence-corrected chi connectivity index (χ4v) is 4.57. The molecule has 1 N–H and O–H groups in total. The van der Waals surface area contributed by atoms with Crippen LogP contribution in [-0.2, 0) is 17.8 Å². The van der Waals surface area contributed by atoms with Crippen molar-refractivity contribution >= 4 is 22.7 Å². The maximum Gasteiger partial charge on any atom is 0.271 e. The number of benzene rings is 3. The Bertz CT molecular complexity index is 1260. The molecule has 0 bridgehead atoms. The van der Waals surface area contributed by atoms with Crippen molar-refractivity contribution in [1.29, 1.82) is 0 Å². The summed E-state index contributed by atoms with van der Waals surface area (Å²) in [7, 11) is 1.64. The van der Waals surface area contributed by atoms with Crippen molar-refractivity contribution in [2.75, 3.05) is 20.2 Å². The van der Waals surface area contributed by atoms with Gasteiger partial charge < -0.3 is 19.5 Å². The highest BCUT2D eigenvalue weighted by Gasteiger charge is 2.38. The topological polar surface area (TPSA) is 65.6 Å². The Kier molecular flexibility index (Phi) is 6.04. The molecule has 1 aromatic heterocycles. The number of methoxy groups -OCH3 is 1. The second kappa shape index (κ2) is 9.43. The van der Waals surface area contributed by atoms with Crippen molar-refractivity contribution in [3.8, 4) is 5.75 Å². The van der Waals surface area contributed by atoms with Gasteiger partial charge in [-0.25, -0.2) is 0 Å². The lowest BCUT2D eigenvalue weighted by molar-refractivity contribution is -0.140. The van der Waals surface area contributed by atoms with E-state index in [2.05, 4.69) is 4.98 Å². The van der Waals surface area contributed by atoms with Gasteiger partial charge in [0.05, 0.1) is 7.11 Å². The van der Waals surface area contributed by atoms with Crippen molar-refractivity contribution in [3.05, 3.63) is 102 Å². The second-order valence-corrected chi connectivity index (χ2v) is 8.58. The Balaban J connectivity index is 1.41. The number of para-hydroxylation sites is 1. The molecule has 2 heterocycles. The molecule has 2 amide bonds. The van der Waals surface area contributed by atoms with Gasteiger partial charge in [0.25, 0.3) is 5.91 Å². The molecule has 0 spiro atoms. The number of H-pyrrole nitrogens is 1. The average molecular weight is 454 g/mol. The molecule has 4 aromatic rings. The van der Waals surface area contributed by atoms with Gasteiger partial charge in [0.15, 0.2) is 0 Å². The van der Waals surface area contributed by atoms with E-state index < -0.39 is 6.04 Å². The van der Waals surface area contributed by atoms with Gasteiger partial charge in [-0.15, -0.1) is 0 Å². The van der Waals surface area contributed by atoms with E-state index in [-0.39, 0.29) is 11.8 Å². The van der Waals surface area contributed by atoms with Crippen LogP contribution in [0.25, 0.3) is 10.9 Å². The summed E-state index contributed by atoms with van der Waals surface area (Å²) in [6.07, 6.45) is 0.477. The molecule has 172 valence electrons. The highest BCUT2D eigenvalue weighted by molar-refractivity contribution is 6.00. The zero-order valence-corrected chi connectivity index (χ0v) is 19.1. The number of aromatic amines is 1. The van der Waals surface area contributed by atoms with Crippen LogP contribution in [0.2, 0.25) is 0 Å². The first kappa shape index (κ1) is 21.8. The maximum atomic E-state index is 13.7. The third kappa shape index (κ3) is 4.39. The summed E-state index contributed by atoms with van der Waals surface area (Å²) in [4.78, 5) is 34.0. The number of carbonyl (C=O) groups excluding carboxylic acids is 2. The molecule has 5 rings (SSSR count). The first-order valence-electron chi connectivity index (χ1n) is 11.5. The van der Waals surface area contributed by atoms with Crippen molar-refractivity contribution in [2.45, 2.75) is 19.0 Å². The summed E-state index contributed by atoms with van der Waals surface area (Å²) in [5.74, 6) is 0.607. The van der Waals surface area contributed by atoms with Gasteiger partial charge in [0.2, 0.25) is 5.91 Å². The van der Waals surface area contributed by atoms with Crippen molar-refractivity contribution in [2.24, 2.45) is 0 Å². The van der Waals surface area contributed by atoms with Crippen LogP contribution in [0.1, 0.15) is 21.6 Å². The number of ether oxygens (including phenoxy) is 1. The van der Waals surface area contributed by atoms with E-state index in [0.717, 1.165) is 27.8 Å². The van der Waals surface area contributed by atoms with Crippen molar-refractivity contribution in [1.82, 2.24) is 14.8 Å². The van der Waals surface area contributed by atoms with Gasteiger partial charge in [0, 0.05) is 37.0 Å². The SMILES string of the molecule is COc1ccc(CN2CCN(C(=O)c3cc4ccccc4[nH]3)[C@@H](Cc3ccccc3)C2=O)cc1. The molecule has 6 heteroatoms. The molecule has 3 aromatic carbocycles. The quantitative estimate of drug-likeness (QED) is 0.474. The predicted octanol–water partition coefficient (Wildman–Crippen LogP) is 4.27. The first-order valence-corrected chi connectivity index (χ1v) is 11.5. The van der Waals surface area contributed by atoms with Crippen molar-refractivity contribution < 1.29 is 14.3 Å². The van der Waals surface area contributed by atoms with E-state index in [1.165, 1.54) is 0 Å². The largest absolute Gasteiger partial charge is 0.497 e. The lowest BCUT2D eigenvalue weighted by Crippen LogP contribution is -2.59. The Morgan fingerprint density at radius 2 is 1.68 bits per heavy atom. The number of amides is 2. The second-order valence-electron chi connectivity index (χ2n) is 8.58. The van der Waals surface area contributed by atoms with Crippen LogP contribution in [0.5, 0.6) is 5.75 Å². The van der Waals surface area contributed by atoms with Gasteiger partial charge in [0.1, 0.15) is 17.5 Å². The molecule has 34 heavy (non-hydrogen) atoms. The lowest BCUT2D eigenvalue weighted by Gasteiger charge is -2.40. The van der Waals surface area contributed by atoms with Crippen molar-refractivity contribution in [3.63, 3.8) is 0 Å². The minimum Gasteiger partial charge on any atom is -0.497 e. The summed E-state index contributed by atoms with van der Waals surface area (Å²) < 4.78 is 5.24. The number of rotatable bonds is 6. The Morgan fingerprint density at radius 1 is 0.941 bits per heavy atom. The lowest BCUT2D eigenvalue weighted by atomic mass is 10.00. The van der Waals surface area contributed by atoms with E-state index in [1.807, 2.05) is 89.8 Å². The maximum absolute atomic E-state index is 13.7. The molecular weight excluding hydrogens is 426 g/mol. The molecule has 0 radical (unpaired) electrons. The number of hydrogen-bond acceptors (Lipinski definition) is 3. The smallest absolute Gasteiger partial charge is 0.271 e. The van der Waals surface area contributed by atoms with E-state index in [0.29, 0.717) is 31.7 Å². The Labute approximate surface area is 198 Å². The number of aromatic nitrogens is 1. The fourth-order valence-electron chi connectivity index (χ4n) is 4.57. The van der Waals surface area contributed by atoms with E-state index >= 15 is 0 Å². The molecule has 1 aliphatic rings. The fraction of sp³-hybridized carbons (Fsp3) is 0.214. The molecule has 1 atom stereocenters. The van der Waals surface area contributed by atoms with Crippen LogP contribution in [0, 0.1) is 0 Å². The van der Waals surface area contributed by atoms with E-state index in [9.17, 15) is 9.59 Å². The normalized spacial score (nSPS) is 16.1. The summed E-state index contributed by atoms with van der Waals surface area (Å²) in [5, 5.41) is 0.981. The molecule has 1 saturated heterocycles. The number of nitrogens with zero attached hydrogens (tertiary/aromatic N) is 2. The highest BCUT2D eigenvalue weighted by atomic mass is 16.5. The standard InChI is InChI=1S/C28H27N3O3/c1-34-23-13-11-21(12-14-23)19-30-15-16-31(26(28(30)33)17-20-7-3-2-4-8-20)27(32)25-18-22-9-5-6-10-24(22)29-25/h2-14,18,26,29H,15-17,19H2,1H3/t26-/m0/s1. The molecule has 0 saturated carbocycles. The summed E-state index contributed by atoms with van der Waals surface area (Å²) in [6.45, 7) is 1.47. The molecule has 0 aliphatic carbocycles. The van der Waals surface area contributed by atoms with Gasteiger partial charge in [-0.05, 0) is 35.4 Å². The highest BCUT2D eigenvalue weighted by Crippen LogP contribution is 2.23. The van der Waals surface area contributed by atoms with Crippen LogP contribution in [-0.4, -0.2) is 52.8 Å². The van der Waals surface area contributed by atoms with E-state index in [1.54, 1.807) is 12.0 Å². The number of hydrogen-bond donors (Lipinski definition) is 1. The summed E-state index contributed by atoms with van der Waals surface area (Å²) >= 11 is 0. The molecular formula is C28H27N3O3. The van der Waals surface area contributed by atoms with E-state index in [4.69, 9.17) is 4.74 Å². The Hall–Kier alpha value is -4.06. The van der Waals surface area contributed by atoms with Gasteiger partial charge in [-0.1, -0.05) is 60.7 Å². The number of piperazine rings is 1. The molecule has 1 fully saturated rings. The summed E-state index contributed by atoms with van der Waals surface area (Å²) in [5.41, 5.74) is 3.48. The third-order valence-corrected chi connectivity index (χ3v) is 6.41. The average Bonchev–Trinajstić information content (AvgIpc) is 3.32. The minimum absolute atomic E-state index is 0.0321. The number of nitrogens with one attached hydrogen (secondary N) is 1. The minimum atomic E-state index is -0.562. The van der Waals surface area contributed by atoms with Crippen LogP contribution < -0.4 is 4.74 Å². The third-order valence-electron chi connectivity index (χ3n) is 6.41. The predicted molar refractivity (Wildman–Crippen MR) is 132 cm³/mol. The van der Waals surface area contributed by atoms with Crippen LogP contribution in [0.3, 0.4) is 0 Å². The zero-order valence-electron chi connectivity index (χ0n) is 19.1. The van der Waals surface area contributed by atoms with Gasteiger partial charge >= 0.3 is 0 Å². The molecule has 6 nitrogen and oxygen atoms in total. The zero-order chi connectivity index (χ0) is 23.5. The molecule has 1 aliphatic heterocycles. The number of carbonyl (C=O) groups is 2. The Morgan fingerprint density at radius 3 is 2.41 bits per heavy atom. The first-order chi connectivity index (χ1) is 16.6. The molecule has 0 unspecified atom stereocenters. The summed E-state index contributed by atoms with van der Waals surface area (Å²) in [6, 6.07) is 26.7.